The number of pyridine rings is 1. The zero-order valence-corrected chi connectivity index (χ0v) is 12.0. The quantitative estimate of drug-likeness (QED) is 0.727. The van der Waals surface area contributed by atoms with Gasteiger partial charge in [0.1, 0.15) is 17.3 Å². The molecule has 0 bridgehead atoms. The number of fused-ring (bicyclic) bond motifs is 1. The molecule has 0 aliphatic carbocycles. The van der Waals surface area contributed by atoms with Crippen molar-refractivity contribution in [3.05, 3.63) is 71.6 Å². The van der Waals surface area contributed by atoms with Gasteiger partial charge in [-0.15, -0.1) is 0 Å². The molecule has 1 aromatic carbocycles. The van der Waals surface area contributed by atoms with Crippen molar-refractivity contribution in [1.29, 1.82) is 0 Å². The molecule has 3 aromatic rings. The molecule has 2 heterocycles. The molecule has 0 saturated carbocycles. The van der Waals surface area contributed by atoms with Crippen LogP contribution in [0.2, 0.25) is 0 Å². The third-order valence-electron chi connectivity index (χ3n) is 3.36. The van der Waals surface area contributed by atoms with Crippen LogP contribution >= 0.6 is 0 Å². The van der Waals surface area contributed by atoms with Gasteiger partial charge in [-0.2, -0.15) is 0 Å². The van der Waals surface area contributed by atoms with Crippen LogP contribution in [-0.4, -0.2) is 15.9 Å². The van der Waals surface area contributed by atoms with E-state index in [0.717, 1.165) is 34.8 Å². The fourth-order valence-corrected chi connectivity index (χ4v) is 2.20. The molecule has 116 valence electrons. The molecule has 23 heavy (non-hydrogen) atoms. The van der Waals surface area contributed by atoms with Crippen LogP contribution in [0.5, 0.6) is 0 Å². The summed E-state index contributed by atoms with van der Waals surface area (Å²) in [4.78, 5) is 19.0. The minimum absolute atomic E-state index is 0.0811. The Morgan fingerprint density at radius 3 is 3.04 bits per heavy atom. The van der Waals surface area contributed by atoms with Gasteiger partial charge in [-0.05, 0) is 36.4 Å². The van der Waals surface area contributed by atoms with E-state index in [1.807, 2.05) is 6.07 Å². The lowest BCUT2D eigenvalue weighted by Crippen LogP contribution is -2.21. The molecular weight excluding hydrogens is 300 g/mol. The van der Waals surface area contributed by atoms with E-state index in [1.165, 1.54) is 6.08 Å². The van der Waals surface area contributed by atoms with Gasteiger partial charge in [0.15, 0.2) is 0 Å². The second kappa shape index (κ2) is 6.39. The average Bonchev–Trinajstić information content (AvgIpc) is 2.97. The Morgan fingerprint density at radius 1 is 1.30 bits per heavy atom. The largest absolute Gasteiger partial charge is 0.348 e. The molecule has 0 saturated heterocycles. The minimum Gasteiger partial charge on any atom is -0.348 e. The molecular formula is C17H13F2N3O. The molecule has 4 nitrogen and oxygen atoms in total. The third-order valence-corrected chi connectivity index (χ3v) is 3.36. The lowest BCUT2D eigenvalue weighted by atomic mass is 10.2. The molecule has 0 spiro atoms. The summed E-state index contributed by atoms with van der Waals surface area (Å²) in [7, 11) is 0. The van der Waals surface area contributed by atoms with Crippen molar-refractivity contribution >= 4 is 23.0 Å². The molecule has 0 aliphatic heterocycles. The number of hydrogen-bond donors (Lipinski definition) is 2. The number of hydrogen-bond acceptors (Lipinski definition) is 2. The van der Waals surface area contributed by atoms with E-state index in [0.29, 0.717) is 0 Å². The first-order chi connectivity index (χ1) is 11.1. The van der Waals surface area contributed by atoms with Crippen LogP contribution in [0, 0.1) is 11.6 Å². The maximum atomic E-state index is 13.5. The highest BCUT2D eigenvalue weighted by Gasteiger charge is 2.05. The molecule has 0 radical (unpaired) electrons. The number of aromatic amines is 1. The topological polar surface area (TPSA) is 57.8 Å². The van der Waals surface area contributed by atoms with Gasteiger partial charge >= 0.3 is 0 Å². The van der Waals surface area contributed by atoms with E-state index >= 15 is 0 Å². The summed E-state index contributed by atoms with van der Waals surface area (Å²) in [5, 5.41) is 3.42. The number of benzene rings is 1. The lowest BCUT2D eigenvalue weighted by Gasteiger charge is -2.04. The van der Waals surface area contributed by atoms with Crippen LogP contribution in [0.1, 0.15) is 11.1 Å². The Balaban J connectivity index is 1.66. The standard InChI is InChI=1S/C17H13F2N3O/c18-13-4-5-15(19)12(8-13)10-21-16(23)6-3-11-9-22-17-14(11)2-1-7-20-17/h1-9H,10H2,(H,20,22)(H,21,23). The van der Waals surface area contributed by atoms with Crippen molar-refractivity contribution in [3.63, 3.8) is 0 Å². The first-order valence-corrected chi connectivity index (χ1v) is 6.95. The Hall–Kier alpha value is -3.02. The molecule has 0 fully saturated rings. The molecule has 2 aromatic heterocycles. The van der Waals surface area contributed by atoms with Gasteiger partial charge in [0.25, 0.3) is 0 Å². The number of aromatic nitrogens is 2. The van der Waals surface area contributed by atoms with Crippen LogP contribution in [0.4, 0.5) is 8.78 Å². The highest BCUT2D eigenvalue weighted by molar-refractivity contribution is 5.95. The van der Waals surface area contributed by atoms with Crippen molar-refractivity contribution in [2.24, 2.45) is 0 Å². The average molecular weight is 313 g/mol. The summed E-state index contributed by atoms with van der Waals surface area (Å²) in [5.41, 5.74) is 1.65. The molecule has 6 heteroatoms. The van der Waals surface area contributed by atoms with E-state index in [-0.39, 0.29) is 12.1 Å². The molecule has 0 aliphatic rings. The minimum atomic E-state index is -0.557. The van der Waals surface area contributed by atoms with Gasteiger partial charge in [-0.25, -0.2) is 13.8 Å². The highest BCUT2D eigenvalue weighted by Crippen LogP contribution is 2.16. The summed E-state index contributed by atoms with van der Waals surface area (Å²) in [6, 6.07) is 6.82. The fourth-order valence-electron chi connectivity index (χ4n) is 2.20. The van der Waals surface area contributed by atoms with E-state index in [4.69, 9.17) is 0 Å². The SMILES string of the molecule is O=C(C=Cc1c[nH]c2ncccc12)NCc1cc(F)ccc1F. The van der Waals surface area contributed by atoms with E-state index in [9.17, 15) is 13.6 Å². The third kappa shape index (κ3) is 3.42. The predicted molar refractivity (Wildman–Crippen MR) is 83.3 cm³/mol. The van der Waals surface area contributed by atoms with Crippen LogP contribution < -0.4 is 5.32 Å². The monoisotopic (exact) mass is 313 g/mol. The fraction of sp³-hybridized carbons (Fsp3) is 0.0588. The van der Waals surface area contributed by atoms with Crippen LogP contribution in [0.15, 0.2) is 48.8 Å². The smallest absolute Gasteiger partial charge is 0.244 e. The number of H-pyrrole nitrogens is 1. The summed E-state index contributed by atoms with van der Waals surface area (Å²) in [6.45, 7) is -0.0811. The number of halogens is 2. The molecule has 0 unspecified atom stereocenters. The van der Waals surface area contributed by atoms with Crippen molar-refractivity contribution < 1.29 is 13.6 Å². The van der Waals surface area contributed by atoms with E-state index < -0.39 is 17.5 Å². The van der Waals surface area contributed by atoms with Crippen LogP contribution in [-0.2, 0) is 11.3 Å². The number of carbonyl (C=O) groups excluding carboxylic acids is 1. The predicted octanol–water partition coefficient (Wildman–Crippen LogP) is 3.17. The summed E-state index contributed by atoms with van der Waals surface area (Å²) < 4.78 is 26.5. The van der Waals surface area contributed by atoms with Gasteiger partial charge in [0, 0.05) is 41.5 Å². The van der Waals surface area contributed by atoms with Crippen molar-refractivity contribution in [2.75, 3.05) is 0 Å². The van der Waals surface area contributed by atoms with E-state index in [1.54, 1.807) is 24.5 Å². The Morgan fingerprint density at radius 2 is 2.17 bits per heavy atom. The second-order valence-corrected chi connectivity index (χ2v) is 4.93. The van der Waals surface area contributed by atoms with Gasteiger partial charge < -0.3 is 10.3 Å². The zero-order valence-electron chi connectivity index (χ0n) is 12.0. The number of nitrogens with one attached hydrogen (secondary N) is 2. The number of rotatable bonds is 4. The van der Waals surface area contributed by atoms with Crippen LogP contribution in [0.3, 0.4) is 0 Å². The molecule has 0 atom stereocenters. The normalized spacial score (nSPS) is 11.2. The van der Waals surface area contributed by atoms with Gasteiger partial charge in [-0.1, -0.05) is 0 Å². The summed E-state index contributed by atoms with van der Waals surface area (Å²) in [6.07, 6.45) is 6.39. The Labute approximate surface area is 130 Å². The number of nitrogens with zero attached hydrogens (tertiary/aromatic N) is 1. The first-order valence-electron chi connectivity index (χ1n) is 6.95. The molecule has 3 rings (SSSR count). The first kappa shape index (κ1) is 14.9. The maximum absolute atomic E-state index is 13.5. The Kier molecular flexibility index (Phi) is 4.14. The second-order valence-electron chi connectivity index (χ2n) is 4.93. The van der Waals surface area contributed by atoms with Gasteiger partial charge in [-0.3, -0.25) is 4.79 Å². The van der Waals surface area contributed by atoms with Gasteiger partial charge in [0.2, 0.25) is 5.91 Å². The lowest BCUT2D eigenvalue weighted by molar-refractivity contribution is -0.116. The number of carbonyl (C=O) groups is 1. The summed E-state index contributed by atoms with van der Waals surface area (Å²) in [5.74, 6) is -1.50. The van der Waals surface area contributed by atoms with Crippen molar-refractivity contribution in [1.82, 2.24) is 15.3 Å². The molecule has 1 amide bonds. The zero-order chi connectivity index (χ0) is 16.2. The highest BCUT2D eigenvalue weighted by atomic mass is 19.1. The Bertz CT molecular complexity index is 886. The maximum Gasteiger partial charge on any atom is 0.244 e. The molecule has 2 N–H and O–H groups in total. The van der Waals surface area contributed by atoms with Crippen molar-refractivity contribution in [2.45, 2.75) is 6.54 Å². The van der Waals surface area contributed by atoms with Crippen molar-refractivity contribution in [3.8, 4) is 0 Å². The number of amides is 1. The van der Waals surface area contributed by atoms with E-state index in [2.05, 4.69) is 15.3 Å². The summed E-state index contributed by atoms with van der Waals surface area (Å²) >= 11 is 0. The van der Waals surface area contributed by atoms with Crippen LogP contribution in [0.25, 0.3) is 17.1 Å². The van der Waals surface area contributed by atoms with Gasteiger partial charge in [0.05, 0.1) is 0 Å².